The lowest BCUT2D eigenvalue weighted by molar-refractivity contribution is 0.0167. The van der Waals surface area contributed by atoms with Crippen LogP contribution in [-0.4, -0.2) is 24.9 Å². The minimum Gasteiger partial charge on any atom is -0.391 e. The second kappa shape index (κ2) is 5.08. The van der Waals surface area contributed by atoms with Crippen molar-refractivity contribution in [2.75, 3.05) is 0 Å². The van der Waals surface area contributed by atoms with Crippen molar-refractivity contribution in [1.82, 2.24) is 0 Å². The van der Waals surface area contributed by atoms with Gasteiger partial charge in [-0.2, -0.15) is 0 Å². The average Bonchev–Trinajstić information content (AvgIpc) is 2.32. The first-order valence-electron chi connectivity index (χ1n) is 6.43. The molecular formula is C14H19ClO3S. The summed E-state index contributed by atoms with van der Waals surface area (Å²) in [4.78, 5) is 0.124. The highest BCUT2D eigenvalue weighted by atomic mass is 35.5. The predicted molar refractivity (Wildman–Crippen MR) is 76.1 cm³/mol. The van der Waals surface area contributed by atoms with E-state index >= 15 is 0 Å². The summed E-state index contributed by atoms with van der Waals surface area (Å²) in [5.41, 5.74) is -0.378. The van der Waals surface area contributed by atoms with Gasteiger partial charge in [0.25, 0.3) is 0 Å². The molecule has 0 bridgehead atoms. The molecular weight excluding hydrogens is 284 g/mol. The zero-order valence-electron chi connectivity index (χ0n) is 11.1. The Labute approximate surface area is 119 Å². The standard InChI is InChI=1S/C14H19ClO3S/c1-14(2)9-5-8-12(13(14)16)19(17,18)11-7-4-3-6-10(11)15/h3-4,6-7,12-13,16H,5,8-9H2,1-2H3. The maximum Gasteiger partial charge on any atom is 0.185 e. The van der Waals surface area contributed by atoms with Crippen LogP contribution >= 0.6 is 11.6 Å². The van der Waals surface area contributed by atoms with Gasteiger partial charge in [0.1, 0.15) is 0 Å². The van der Waals surface area contributed by atoms with Gasteiger partial charge in [0, 0.05) is 0 Å². The number of benzene rings is 1. The van der Waals surface area contributed by atoms with Crippen molar-refractivity contribution in [3.05, 3.63) is 29.3 Å². The van der Waals surface area contributed by atoms with E-state index in [-0.39, 0.29) is 15.3 Å². The van der Waals surface area contributed by atoms with Gasteiger partial charge in [-0.3, -0.25) is 0 Å². The lowest BCUT2D eigenvalue weighted by atomic mass is 9.75. The lowest BCUT2D eigenvalue weighted by Crippen LogP contribution is -2.47. The second-order valence-electron chi connectivity index (χ2n) is 5.84. The molecule has 0 aromatic heterocycles. The van der Waals surface area contributed by atoms with Crippen molar-refractivity contribution in [2.45, 2.75) is 49.4 Å². The summed E-state index contributed by atoms with van der Waals surface area (Å²) in [5, 5.41) is 9.82. The van der Waals surface area contributed by atoms with E-state index in [0.717, 1.165) is 12.8 Å². The summed E-state index contributed by atoms with van der Waals surface area (Å²) in [7, 11) is -3.59. The molecule has 0 aliphatic heterocycles. The smallest absolute Gasteiger partial charge is 0.185 e. The van der Waals surface area contributed by atoms with Crippen molar-refractivity contribution >= 4 is 21.4 Å². The number of rotatable bonds is 2. The van der Waals surface area contributed by atoms with Gasteiger partial charge in [-0.05, 0) is 30.4 Å². The molecule has 1 saturated carbocycles. The maximum absolute atomic E-state index is 12.7. The molecule has 1 aliphatic rings. The van der Waals surface area contributed by atoms with Crippen LogP contribution in [0.25, 0.3) is 0 Å². The summed E-state index contributed by atoms with van der Waals surface area (Å²) in [6.07, 6.45) is 1.27. The van der Waals surface area contributed by atoms with E-state index in [0.29, 0.717) is 6.42 Å². The maximum atomic E-state index is 12.7. The van der Waals surface area contributed by atoms with Crippen molar-refractivity contribution < 1.29 is 13.5 Å². The van der Waals surface area contributed by atoms with Crippen molar-refractivity contribution in [2.24, 2.45) is 5.41 Å². The molecule has 2 rings (SSSR count). The summed E-state index contributed by atoms with van der Waals surface area (Å²) >= 11 is 5.99. The third-order valence-corrected chi connectivity index (χ3v) is 6.71. The molecule has 2 unspecified atom stereocenters. The van der Waals surface area contributed by atoms with Crippen LogP contribution in [0, 0.1) is 5.41 Å². The van der Waals surface area contributed by atoms with E-state index in [4.69, 9.17) is 11.6 Å². The van der Waals surface area contributed by atoms with Gasteiger partial charge >= 0.3 is 0 Å². The molecule has 0 heterocycles. The first-order chi connectivity index (χ1) is 8.77. The third-order valence-electron chi connectivity index (χ3n) is 4.00. The molecule has 1 aromatic rings. The highest BCUT2D eigenvalue weighted by Crippen LogP contribution is 2.41. The van der Waals surface area contributed by atoms with Gasteiger partial charge in [-0.25, -0.2) is 8.42 Å². The highest BCUT2D eigenvalue weighted by molar-refractivity contribution is 7.92. The molecule has 0 amide bonds. The predicted octanol–water partition coefficient (Wildman–Crippen LogP) is 3.05. The first-order valence-corrected chi connectivity index (χ1v) is 8.36. The number of aliphatic hydroxyl groups is 1. The normalized spacial score (nSPS) is 27.2. The monoisotopic (exact) mass is 302 g/mol. The Hall–Kier alpha value is -0.580. The van der Waals surface area contributed by atoms with E-state index in [1.54, 1.807) is 18.2 Å². The molecule has 0 saturated heterocycles. The van der Waals surface area contributed by atoms with Crippen LogP contribution in [0.15, 0.2) is 29.2 Å². The number of hydrogen-bond donors (Lipinski definition) is 1. The van der Waals surface area contributed by atoms with Crippen molar-refractivity contribution in [1.29, 1.82) is 0 Å². The molecule has 3 nitrogen and oxygen atoms in total. The highest BCUT2D eigenvalue weighted by Gasteiger charge is 2.45. The Bertz CT molecular complexity index is 566. The second-order valence-corrected chi connectivity index (χ2v) is 8.38. The Morgan fingerprint density at radius 3 is 2.58 bits per heavy atom. The molecule has 0 radical (unpaired) electrons. The van der Waals surface area contributed by atoms with E-state index in [9.17, 15) is 13.5 Å². The number of halogens is 1. The lowest BCUT2D eigenvalue weighted by Gasteiger charge is -2.40. The number of aliphatic hydroxyl groups excluding tert-OH is 1. The van der Waals surface area contributed by atoms with Crippen LogP contribution in [0.1, 0.15) is 33.1 Å². The van der Waals surface area contributed by atoms with Crippen LogP contribution in [0.3, 0.4) is 0 Å². The van der Waals surface area contributed by atoms with Gasteiger partial charge in [0.2, 0.25) is 0 Å². The molecule has 106 valence electrons. The fraction of sp³-hybridized carbons (Fsp3) is 0.571. The van der Waals surface area contributed by atoms with Crippen LogP contribution in [0.2, 0.25) is 5.02 Å². The summed E-state index contributed by atoms with van der Waals surface area (Å²) in [6, 6.07) is 6.42. The third kappa shape index (κ3) is 2.67. The van der Waals surface area contributed by atoms with Crippen LogP contribution in [-0.2, 0) is 9.84 Å². The zero-order valence-corrected chi connectivity index (χ0v) is 12.7. The molecule has 5 heteroatoms. The molecule has 2 atom stereocenters. The van der Waals surface area contributed by atoms with Gasteiger partial charge in [0.05, 0.1) is 21.3 Å². The van der Waals surface area contributed by atoms with E-state index < -0.39 is 21.2 Å². The molecule has 1 aliphatic carbocycles. The average molecular weight is 303 g/mol. The molecule has 1 aromatic carbocycles. The van der Waals surface area contributed by atoms with Gasteiger partial charge in [-0.1, -0.05) is 44.0 Å². The fourth-order valence-corrected chi connectivity index (χ4v) is 5.31. The Balaban J connectivity index is 2.43. The first kappa shape index (κ1) is 14.8. The van der Waals surface area contributed by atoms with Crippen LogP contribution in [0.4, 0.5) is 0 Å². The molecule has 19 heavy (non-hydrogen) atoms. The van der Waals surface area contributed by atoms with Crippen LogP contribution < -0.4 is 0 Å². The Morgan fingerprint density at radius 1 is 1.32 bits per heavy atom. The van der Waals surface area contributed by atoms with Gasteiger partial charge in [0.15, 0.2) is 9.84 Å². The van der Waals surface area contributed by atoms with Gasteiger partial charge < -0.3 is 5.11 Å². The van der Waals surface area contributed by atoms with E-state index in [2.05, 4.69) is 0 Å². The zero-order chi connectivity index (χ0) is 14.3. The summed E-state index contributed by atoms with van der Waals surface area (Å²) in [6.45, 7) is 3.82. The number of hydrogen-bond acceptors (Lipinski definition) is 3. The largest absolute Gasteiger partial charge is 0.391 e. The topological polar surface area (TPSA) is 54.4 Å². The number of sulfone groups is 1. The van der Waals surface area contributed by atoms with E-state index in [1.165, 1.54) is 6.07 Å². The van der Waals surface area contributed by atoms with Crippen LogP contribution in [0.5, 0.6) is 0 Å². The van der Waals surface area contributed by atoms with Crippen molar-refractivity contribution in [3.8, 4) is 0 Å². The SMILES string of the molecule is CC1(C)CCCC(S(=O)(=O)c2ccccc2Cl)C1O. The van der Waals surface area contributed by atoms with Gasteiger partial charge in [-0.15, -0.1) is 0 Å². The molecule has 1 N–H and O–H groups in total. The van der Waals surface area contributed by atoms with E-state index in [1.807, 2.05) is 13.8 Å². The summed E-state index contributed by atoms with van der Waals surface area (Å²) < 4.78 is 25.3. The fourth-order valence-electron chi connectivity index (χ4n) is 2.73. The summed E-state index contributed by atoms with van der Waals surface area (Å²) in [5.74, 6) is 0. The van der Waals surface area contributed by atoms with Crippen molar-refractivity contribution in [3.63, 3.8) is 0 Å². The Morgan fingerprint density at radius 2 is 1.95 bits per heavy atom. The minimum absolute atomic E-state index is 0.124. The molecule has 0 spiro atoms. The molecule has 1 fully saturated rings. The Kier molecular flexibility index (Phi) is 3.96. The minimum atomic E-state index is -3.59. The quantitative estimate of drug-likeness (QED) is 0.913.